The second-order valence-corrected chi connectivity index (χ2v) is 5.97. The maximum absolute atomic E-state index is 11.7. The first kappa shape index (κ1) is 17.3. The fourth-order valence-electron chi connectivity index (χ4n) is 2.84. The number of hydrogen-bond donors (Lipinski definition) is 3. The molecule has 0 aliphatic carbocycles. The van der Waals surface area contributed by atoms with Gasteiger partial charge >= 0.3 is 5.97 Å². The molecule has 0 aromatic carbocycles. The first-order valence-corrected chi connectivity index (χ1v) is 6.26. The third-order valence-corrected chi connectivity index (χ3v) is 5.28. The molecule has 5 atom stereocenters. The number of aliphatic carboxylic acids is 1. The third-order valence-electron chi connectivity index (χ3n) is 5.28. The molecule has 0 spiro atoms. The van der Waals surface area contributed by atoms with Crippen molar-refractivity contribution in [2.45, 2.75) is 62.8 Å². The van der Waals surface area contributed by atoms with Gasteiger partial charge in [0.2, 0.25) is 0 Å². The molecule has 1 heterocycles. The Bertz CT molecular complexity index is 419. The van der Waals surface area contributed by atoms with Crippen molar-refractivity contribution in [2.24, 2.45) is 0 Å². The van der Waals surface area contributed by atoms with Crippen LogP contribution in [0.3, 0.4) is 0 Å². The Hall–Kier alpha value is -0.730. The van der Waals surface area contributed by atoms with Crippen LogP contribution >= 0.6 is 0 Å². The van der Waals surface area contributed by atoms with E-state index in [4.69, 9.17) is 14.2 Å². The van der Waals surface area contributed by atoms with Crippen molar-refractivity contribution >= 4 is 5.97 Å². The Kier molecular flexibility index (Phi) is 3.79. The van der Waals surface area contributed by atoms with Crippen LogP contribution in [0.15, 0.2) is 0 Å². The molecule has 118 valence electrons. The van der Waals surface area contributed by atoms with Crippen LogP contribution in [0.25, 0.3) is 0 Å². The fourth-order valence-corrected chi connectivity index (χ4v) is 2.84. The molecule has 0 radical (unpaired) electrons. The van der Waals surface area contributed by atoms with Gasteiger partial charge in [-0.3, -0.25) is 0 Å². The van der Waals surface area contributed by atoms with E-state index in [1.807, 2.05) is 0 Å². The monoisotopic (exact) mass is 292 g/mol. The highest BCUT2D eigenvalue weighted by molar-refractivity contribution is 5.80. The van der Waals surface area contributed by atoms with Crippen LogP contribution < -0.4 is 0 Å². The standard InChI is InChI=1S/C13H24O7/c1-9(8(14)15)12(4,18-6)10(2,16)11(3,17)13(5,19-7)20-9/h16-17H,1-7H3,(H,14,15)/t9?,10?,11-,12-,13-/m1/s1. The van der Waals surface area contributed by atoms with Gasteiger partial charge in [0.1, 0.15) is 16.8 Å². The summed E-state index contributed by atoms with van der Waals surface area (Å²) >= 11 is 0. The summed E-state index contributed by atoms with van der Waals surface area (Å²) in [7, 11) is 2.52. The Morgan fingerprint density at radius 2 is 1.40 bits per heavy atom. The zero-order valence-electron chi connectivity index (χ0n) is 13.0. The Balaban J connectivity index is 3.67. The van der Waals surface area contributed by atoms with Crippen molar-refractivity contribution in [2.75, 3.05) is 14.2 Å². The highest BCUT2D eigenvalue weighted by Gasteiger charge is 2.77. The molecule has 20 heavy (non-hydrogen) atoms. The summed E-state index contributed by atoms with van der Waals surface area (Å²) in [5.41, 5.74) is -7.54. The zero-order chi connectivity index (χ0) is 16.2. The lowest BCUT2D eigenvalue weighted by Crippen LogP contribution is -2.85. The lowest BCUT2D eigenvalue weighted by atomic mass is 9.60. The number of carbonyl (C=O) groups is 1. The number of carboxylic acid groups (broad SMARTS) is 1. The lowest BCUT2D eigenvalue weighted by molar-refractivity contribution is -0.445. The molecule has 0 amide bonds. The van der Waals surface area contributed by atoms with Crippen LogP contribution in [0, 0.1) is 0 Å². The second-order valence-electron chi connectivity index (χ2n) is 5.97. The largest absolute Gasteiger partial charge is 0.479 e. The average Bonchev–Trinajstić information content (AvgIpc) is 2.34. The molecule has 7 nitrogen and oxygen atoms in total. The van der Waals surface area contributed by atoms with Crippen LogP contribution in [0.4, 0.5) is 0 Å². The summed E-state index contributed by atoms with van der Waals surface area (Å²) in [4.78, 5) is 11.7. The first-order valence-electron chi connectivity index (χ1n) is 6.26. The van der Waals surface area contributed by atoms with Crippen LogP contribution in [0.5, 0.6) is 0 Å². The minimum atomic E-state index is -1.97. The molecule has 0 bridgehead atoms. The van der Waals surface area contributed by atoms with E-state index in [1.54, 1.807) is 0 Å². The Morgan fingerprint density at radius 1 is 0.950 bits per heavy atom. The molecular weight excluding hydrogens is 268 g/mol. The average molecular weight is 292 g/mol. The summed E-state index contributed by atoms with van der Waals surface area (Å²) in [6.07, 6.45) is 0. The SMILES string of the molecule is CO[C@]1(C)C(C)(C(=O)O)O[C@@](C)(OC)[C@](C)(O)C1(C)O. The van der Waals surface area contributed by atoms with Crippen LogP contribution in [0.2, 0.25) is 0 Å². The van der Waals surface area contributed by atoms with Gasteiger partial charge in [-0.15, -0.1) is 0 Å². The highest BCUT2D eigenvalue weighted by Crippen LogP contribution is 2.55. The molecule has 1 saturated heterocycles. The molecule has 1 fully saturated rings. The predicted molar refractivity (Wildman–Crippen MR) is 69.2 cm³/mol. The zero-order valence-corrected chi connectivity index (χ0v) is 13.0. The molecule has 3 N–H and O–H groups in total. The van der Waals surface area contributed by atoms with Gasteiger partial charge in [-0.05, 0) is 34.6 Å². The maximum Gasteiger partial charge on any atom is 0.338 e. The highest BCUT2D eigenvalue weighted by atomic mass is 16.7. The molecule has 1 aliphatic rings. The van der Waals surface area contributed by atoms with Gasteiger partial charge in [0.25, 0.3) is 0 Å². The van der Waals surface area contributed by atoms with Gasteiger partial charge in [-0.25, -0.2) is 4.79 Å². The van der Waals surface area contributed by atoms with Gasteiger partial charge < -0.3 is 29.5 Å². The van der Waals surface area contributed by atoms with Crippen molar-refractivity contribution < 1.29 is 34.3 Å². The van der Waals surface area contributed by atoms with Crippen LogP contribution in [-0.4, -0.2) is 63.7 Å². The normalized spacial score (nSPS) is 52.9. The second kappa shape index (κ2) is 4.38. The summed E-state index contributed by atoms with van der Waals surface area (Å²) in [6, 6.07) is 0. The number of ether oxygens (including phenoxy) is 3. The molecular formula is C13H24O7. The molecule has 0 aromatic rings. The van der Waals surface area contributed by atoms with E-state index in [0.29, 0.717) is 0 Å². The summed E-state index contributed by atoms with van der Waals surface area (Å²) < 4.78 is 16.0. The summed E-state index contributed by atoms with van der Waals surface area (Å²) in [6.45, 7) is 6.65. The molecule has 0 saturated carbocycles. The van der Waals surface area contributed by atoms with Gasteiger partial charge in [0, 0.05) is 14.2 Å². The number of aliphatic hydroxyl groups is 2. The molecule has 2 unspecified atom stereocenters. The summed E-state index contributed by atoms with van der Waals surface area (Å²) in [5, 5.41) is 31.1. The predicted octanol–water partition coefficient (Wildman–Crippen LogP) is 0.130. The topological polar surface area (TPSA) is 105 Å². The van der Waals surface area contributed by atoms with Crippen molar-refractivity contribution in [3.63, 3.8) is 0 Å². The Morgan fingerprint density at radius 3 is 1.70 bits per heavy atom. The van der Waals surface area contributed by atoms with E-state index < -0.39 is 34.2 Å². The lowest BCUT2D eigenvalue weighted by Gasteiger charge is -2.64. The van der Waals surface area contributed by atoms with E-state index in [0.717, 1.165) is 0 Å². The number of rotatable bonds is 3. The van der Waals surface area contributed by atoms with Crippen molar-refractivity contribution in [3.05, 3.63) is 0 Å². The first-order chi connectivity index (χ1) is 8.77. The number of carboxylic acids is 1. The molecule has 1 rings (SSSR count). The van der Waals surface area contributed by atoms with Crippen LogP contribution in [-0.2, 0) is 19.0 Å². The van der Waals surface area contributed by atoms with E-state index in [9.17, 15) is 20.1 Å². The Labute approximate surface area is 118 Å². The third kappa shape index (κ3) is 1.61. The van der Waals surface area contributed by atoms with E-state index >= 15 is 0 Å². The van der Waals surface area contributed by atoms with E-state index in [-0.39, 0.29) is 0 Å². The maximum atomic E-state index is 11.7. The van der Waals surface area contributed by atoms with E-state index in [2.05, 4.69) is 0 Å². The fraction of sp³-hybridized carbons (Fsp3) is 0.923. The molecule has 7 heteroatoms. The minimum Gasteiger partial charge on any atom is -0.479 e. The smallest absolute Gasteiger partial charge is 0.338 e. The van der Waals surface area contributed by atoms with Crippen molar-refractivity contribution in [3.8, 4) is 0 Å². The van der Waals surface area contributed by atoms with Gasteiger partial charge in [-0.2, -0.15) is 0 Å². The van der Waals surface area contributed by atoms with Crippen LogP contribution in [0.1, 0.15) is 34.6 Å². The van der Waals surface area contributed by atoms with Gasteiger partial charge in [0.05, 0.1) is 0 Å². The number of hydrogen-bond acceptors (Lipinski definition) is 6. The molecule has 1 aliphatic heterocycles. The minimum absolute atomic E-state index is 1.25. The van der Waals surface area contributed by atoms with E-state index in [1.165, 1.54) is 48.8 Å². The van der Waals surface area contributed by atoms with Gasteiger partial charge in [-0.1, -0.05) is 0 Å². The summed E-state index contributed by atoms with van der Waals surface area (Å²) in [5.74, 6) is -3.07. The van der Waals surface area contributed by atoms with Crippen molar-refractivity contribution in [1.82, 2.24) is 0 Å². The van der Waals surface area contributed by atoms with Gasteiger partial charge in [0.15, 0.2) is 11.4 Å². The number of methoxy groups -OCH3 is 2. The molecule has 0 aromatic heterocycles. The van der Waals surface area contributed by atoms with Crippen molar-refractivity contribution in [1.29, 1.82) is 0 Å². The quantitative estimate of drug-likeness (QED) is 0.679.